The van der Waals surface area contributed by atoms with Gasteiger partial charge in [0.05, 0.1) is 7.11 Å². The van der Waals surface area contributed by atoms with Gasteiger partial charge >= 0.3 is 0 Å². The minimum absolute atomic E-state index is 0.271. The molecule has 0 saturated carbocycles. The van der Waals surface area contributed by atoms with Crippen LogP contribution in [0.2, 0.25) is 0 Å². The third-order valence-electron chi connectivity index (χ3n) is 4.05. The Hall–Kier alpha value is -2.69. The van der Waals surface area contributed by atoms with Gasteiger partial charge in [-0.3, -0.25) is 4.98 Å². The Bertz CT molecular complexity index is 806. The molecule has 0 N–H and O–H groups in total. The van der Waals surface area contributed by atoms with E-state index in [1.165, 1.54) is 5.56 Å². The summed E-state index contributed by atoms with van der Waals surface area (Å²) < 4.78 is 5.44. The van der Waals surface area contributed by atoms with E-state index in [1.807, 2.05) is 37.4 Å². The van der Waals surface area contributed by atoms with Crippen molar-refractivity contribution in [2.45, 2.75) is 19.4 Å². The van der Waals surface area contributed by atoms with E-state index in [2.05, 4.69) is 32.8 Å². The summed E-state index contributed by atoms with van der Waals surface area (Å²) in [5.41, 5.74) is 2.67. The normalized spacial score (nSPS) is 12.1. The molecular formula is C18H20N4O. The van der Waals surface area contributed by atoms with Gasteiger partial charge in [-0.05, 0) is 37.1 Å². The molecule has 2 heterocycles. The van der Waals surface area contributed by atoms with E-state index in [1.54, 1.807) is 19.5 Å². The lowest BCUT2D eigenvalue weighted by Crippen LogP contribution is -2.31. The molecule has 0 aliphatic rings. The molecule has 1 atom stereocenters. The SMILES string of the molecule is COc1ccccc1C[C@@H](C)N(C)c1ccc2nccnc2n1. The van der Waals surface area contributed by atoms with Crippen LogP contribution in [-0.4, -0.2) is 35.2 Å². The predicted molar refractivity (Wildman–Crippen MR) is 91.9 cm³/mol. The van der Waals surface area contributed by atoms with E-state index in [9.17, 15) is 0 Å². The van der Waals surface area contributed by atoms with Crippen LogP contribution >= 0.6 is 0 Å². The molecule has 0 saturated heterocycles. The smallest absolute Gasteiger partial charge is 0.180 e. The first kappa shape index (κ1) is 15.2. The molecule has 0 amide bonds. The van der Waals surface area contributed by atoms with Crippen LogP contribution in [0.4, 0.5) is 5.82 Å². The van der Waals surface area contributed by atoms with Crippen molar-refractivity contribution >= 4 is 17.0 Å². The molecule has 118 valence electrons. The number of nitrogens with zero attached hydrogens (tertiary/aromatic N) is 4. The molecule has 3 aromatic rings. The van der Waals surface area contributed by atoms with Crippen molar-refractivity contribution in [2.75, 3.05) is 19.1 Å². The Morgan fingerprint density at radius 2 is 1.87 bits per heavy atom. The number of fused-ring (bicyclic) bond motifs is 1. The Labute approximate surface area is 136 Å². The third kappa shape index (κ3) is 3.23. The summed E-state index contributed by atoms with van der Waals surface area (Å²) in [5.74, 6) is 1.81. The van der Waals surface area contributed by atoms with Crippen molar-refractivity contribution in [1.82, 2.24) is 15.0 Å². The summed E-state index contributed by atoms with van der Waals surface area (Å²) in [7, 11) is 3.75. The fraction of sp³-hybridized carbons (Fsp3) is 0.278. The molecule has 0 unspecified atom stereocenters. The van der Waals surface area contributed by atoms with Gasteiger partial charge in [0.15, 0.2) is 5.65 Å². The minimum atomic E-state index is 0.271. The molecule has 0 aliphatic heterocycles. The van der Waals surface area contributed by atoms with Gasteiger partial charge in [0.2, 0.25) is 0 Å². The standard InChI is InChI=1S/C18H20N4O/c1-13(12-14-6-4-5-7-16(14)23-3)22(2)17-9-8-15-18(21-17)20-11-10-19-15/h4-11,13H,12H2,1-3H3/t13-/m1/s1. The molecule has 5 nitrogen and oxygen atoms in total. The first-order valence-electron chi connectivity index (χ1n) is 7.61. The van der Waals surface area contributed by atoms with Crippen LogP contribution in [0.15, 0.2) is 48.8 Å². The van der Waals surface area contributed by atoms with Crippen LogP contribution in [0, 0.1) is 0 Å². The molecule has 0 aliphatic carbocycles. The van der Waals surface area contributed by atoms with Crippen molar-refractivity contribution in [3.63, 3.8) is 0 Å². The molecule has 0 fully saturated rings. The molecular weight excluding hydrogens is 288 g/mol. The Morgan fingerprint density at radius 1 is 1.09 bits per heavy atom. The lowest BCUT2D eigenvalue weighted by molar-refractivity contribution is 0.408. The maximum atomic E-state index is 5.44. The summed E-state index contributed by atoms with van der Waals surface area (Å²) in [4.78, 5) is 15.3. The number of hydrogen-bond acceptors (Lipinski definition) is 5. The van der Waals surface area contributed by atoms with Crippen LogP contribution in [0.5, 0.6) is 5.75 Å². The van der Waals surface area contributed by atoms with E-state index < -0.39 is 0 Å². The number of ether oxygens (including phenoxy) is 1. The van der Waals surface area contributed by atoms with Crippen molar-refractivity contribution in [3.05, 3.63) is 54.4 Å². The van der Waals surface area contributed by atoms with Gasteiger partial charge in [0.1, 0.15) is 17.1 Å². The number of pyridine rings is 1. The molecule has 5 heteroatoms. The van der Waals surface area contributed by atoms with Crippen LogP contribution in [0.1, 0.15) is 12.5 Å². The number of likely N-dealkylation sites (N-methyl/N-ethyl adjacent to an activating group) is 1. The largest absolute Gasteiger partial charge is 0.496 e. The van der Waals surface area contributed by atoms with E-state index in [-0.39, 0.29) is 6.04 Å². The molecule has 3 rings (SSSR count). The second kappa shape index (κ2) is 6.60. The van der Waals surface area contributed by atoms with Crippen LogP contribution in [0.25, 0.3) is 11.2 Å². The van der Waals surface area contributed by atoms with Crippen molar-refractivity contribution in [1.29, 1.82) is 0 Å². The fourth-order valence-corrected chi connectivity index (χ4v) is 2.59. The second-order valence-electron chi connectivity index (χ2n) is 5.54. The van der Waals surface area contributed by atoms with Crippen molar-refractivity contribution in [2.24, 2.45) is 0 Å². The molecule has 23 heavy (non-hydrogen) atoms. The van der Waals surface area contributed by atoms with Gasteiger partial charge in [-0.25, -0.2) is 9.97 Å². The number of para-hydroxylation sites is 1. The zero-order chi connectivity index (χ0) is 16.2. The van der Waals surface area contributed by atoms with Gasteiger partial charge in [0, 0.05) is 25.5 Å². The highest BCUT2D eigenvalue weighted by Crippen LogP contribution is 2.22. The van der Waals surface area contributed by atoms with Crippen molar-refractivity contribution in [3.8, 4) is 5.75 Å². The number of hydrogen-bond donors (Lipinski definition) is 0. The van der Waals surface area contributed by atoms with E-state index in [0.717, 1.165) is 23.5 Å². The van der Waals surface area contributed by atoms with Gasteiger partial charge in [-0.1, -0.05) is 18.2 Å². The Morgan fingerprint density at radius 3 is 2.70 bits per heavy atom. The molecule has 0 radical (unpaired) electrons. The maximum absolute atomic E-state index is 5.44. The summed E-state index contributed by atoms with van der Waals surface area (Å²) in [6, 6.07) is 12.3. The Kier molecular flexibility index (Phi) is 4.37. The van der Waals surface area contributed by atoms with Crippen LogP contribution < -0.4 is 9.64 Å². The molecule has 0 spiro atoms. The Balaban J connectivity index is 1.81. The van der Waals surface area contributed by atoms with Gasteiger partial charge in [0.25, 0.3) is 0 Å². The van der Waals surface area contributed by atoms with Gasteiger partial charge in [-0.15, -0.1) is 0 Å². The summed E-state index contributed by atoms with van der Waals surface area (Å²) >= 11 is 0. The summed E-state index contributed by atoms with van der Waals surface area (Å²) in [6.45, 7) is 2.18. The van der Waals surface area contributed by atoms with Crippen LogP contribution in [0.3, 0.4) is 0 Å². The first-order valence-corrected chi connectivity index (χ1v) is 7.61. The average molecular weight is 308 g/mol. The summed E-state index contributed by atoms with van der Waals surface area (Å²) in [5, 5.41) is 0. The monoisotopic (exact) mass is 308 g/mol. The average Bonchev–Trinajstić information content (AvgIpc) is 2.61. The van der Waals surface area contributed by atoms with Gasteiger partial charge in [-0.2, -0.15) is 0 Å². The highest BCUT2D eigenvalue weighted by atomic mass is 16.5. The molecule has 0 bridgehead atoms. The number of anilines is 1. The zero-order valence-corrected chi connectivity index (χ0v) is 13.6. The third-order valence-corrected chi connectivity index (χ3v) is 4.05. The van der Waals surface area contributed by atoms with E-state index in [4.69, 9.17) is 4.74 Å². The molecule has 2 aromatic heterocycles. The summed E-state index contributed by atoms with van der Waals surface area (Å²) in [6.07, 6.45) is 4.22. The highest BCUT2D eigenvalue weighted by molar-refractivity contribution is 5.71. The number of aromatic nitrogens is 3. The van der Waals surface area contributed by atoms with Crippen molar-refractivity contribution < 1.29 is 4.74 Å². The predicted octanol–water partition coefficient (Wildman–Crippen LogP) is 3.10. The highest BCUT2D eigenvalue weighted by Gasteiger charge is 2.15. The number of rotatable bonds is 5. The zero-order valence-electron chi connectivity index (χ0n) is 13.6. The lowest BCUT2D eigenvalue weighted by Gasteiger charge is -2.26. The topological polar surface area (TPSA) is 51.1 Å². The fourth-order valence-electron chi connectivity index (χ4n) is 2.59. The number of methoxy groups -OCH3 is 1. The number of benzene rings is 1. The van der Waals surface area contributed by atoms with Gasteiger partial charge < -0.3 is 9.64 Å². The molecule has 1 aromatic carbocycles. The maximum Gasteiger partial charge on any atom is 0.180 e. The first-order chi connectivity index (χ1) is 11.2. The van der Waals surface area contributed by atoms with E-state index in [0.29, 0.717) is 5.65 Å². The second-order valence-corrected chi connectivity index (χ2v) is 5.54. The minimum Gasteiger partial charge on any atom is -0.496 e. The quantitative estimate of drug-likeness (QED) is 0.725. The van der Waals surface area contributed by atoms with E-state index >= 15 is 0 Å². The van der Waals surface area contributed by atoms with Crippen LogP contribution in [-0.2, 0) is 6.42 Å². The lowest BCUT2D eigenvalue weighted by atomic mass is 10.1.